The van der Waals surface area contributed by atoms with Gasteiger partial charge in [-0.15, -0.1) is 0 Å². The highest BCUT2D eigenvalue weighted by Gasteiger charge is 2.34. The molecular weight excluding hydrogens is 400 g/mol. The van der Waals surface area contributed by atoms with Crippen molar-refractivity contribution in [3.8, 4) is 11.5 Å². The Balaban J connectivity index is 1.14. The molecule has 0 aliphatic carbocycles. The molecule has 2 aromatic rings. The summed E-state index contributed by atoms with van der Waals surface area (Å²) >= 11 is 0. The third-order valence-corrected chi connectivity index (χ3v) is 6.00. The van der Waals surface area contributed by atoms with Crippen LogP contribution in [0.3, 0.4) is 0 Å². The Morgan fingerprint density at radius 1 is 1.03 bits per heavy atom. The van der Waals surface area contributed by atoms with E-state index in [-0.39, 0.29) is 36.9 Å². The highest BCUT2D eigenvalue weighted by Crippen LogP contribution is 2.35. The summed E-state index contributed by atoms with van der Waals surface area (Å²) in [4.78, 5) is 39.1. The number of piperidine rings is 1. The molecule has 1 saturated heterocycles. The lowest BCUT2D eigenvalue weighted by Crippen LogP contribution is -2.41. The number of ether oxygens (including phenoxy) is 3. The minimum atomic E-state index is -0.539. The first-order chi connectivity index (χ1) is 15.1. The van der Waals surface area contributed by atoms with Crippen molar-refractivity contribution in [2.24, 2.45) is 5.92 Å². The lowest BCUT2D eigenvalue weighted by Gasteiger charge is -2.32. The van der Waals surface area contributed by atoms with E-state index in [0.717, 1.165) is 5.56 Å². The molecule has 3 heterocycles. The molecule has 5 rings (SSSR count). The third kappa shape index (κ3) is 3.81. The third-order valence-electron chi connectivity index (χ3n) is 6.00. The smallest absolute Gasteiger partial charge is 0.339 e. The fourth-order valence-electron chi connectivity index (χ4n) is 4.27. The van der Waals surface area contributed by atoms with E-state index in [0.29, 0.717) is 48.7 Å². The lowest BCUT2D eigenvalue weighted by molar-refractivity contribution is -0.136. The molecular formula is C23H22N2O6. The minimum Gasteiger partial charge on any atom is -0.454 e. The zero-order chi connectivity index (χ0) is 21.4. The van der Waals surface area contributed by atoms with Crippen molar-refractivity contribution in [1.29, 1.82) is 0 Å². The number of likely N-dealkylation sites (tertiary alicyclic amines) is 1. The second kappa shape index (κ2) is 7.94. The van der Waals surface area contributed by atoms with Crippen molar-refractivity contribution >= 4 is 23.5 Å². The zero-order valence-corrected chi connectivity index (χ0v) is 16.8. The van der Waals surface area contributed by atoms with E-state index in [4.69, 9.17) is 14.2 Å². The summed E-state index contributed by atoms with van der Waals surface area (Å²) in [5.74, 6) is 0.605. The molecule has 1 atom stereocenters. The van der Waals surface area contributed by atoms with E-state index in [1.807, 2.05) is 12.1 Å². The molecule has 1 N–H and O–H groups in total. The number of amides is 2. The first-order valence-electron chi connectivity index (χ1n) is 10.4. The van der Waals surface area contributed by atoms with Crippen molar-refractivity contribution < 1.29 is 28.6 Å². The van der Waals surface area contributed by atoms with Gasteiger partial charge in [0.1, 0.15) is 6.10 Å². The molecule has 3 aliphatic heterocycles. The van der Waals surface area contributed by atoms with Gasteiger partial charge in [-0.1, -0.05) is 18.2 Å². The maximum Gasteiger partial charge on any atom is 0.339 e. The predicted octanol–water partition coefficient (Wildman–Crippen LogP) is 2.89. The molecule has 0 bridgehead atoms. The van der Waals surface area contributed by atoms with Crippen LogP contribution in [-0.2, 0) is 14.3 Å². The maximum absolute atomic E-state index is 12.8. The number of nitrogens with zero attached hydrogens (tertiary/aromatic N) is 1. The average molecular weight is 422 g/mol. The number of hydrogen-bond donors (Lipinski definition) is 1. The van der Waals surface area contributed by atoms with Gasteiger partial charge in [0.25, 0.3) is 0 Å². The van der Waals surface area contributed by atoms with Crippen LogP contribution in [0.4, 0.5) is 5.69 Å². The Morgan fingerprint density at radius 3 is 2.65 bits per heavy atom. The number of nitrogens with one attached hydrogen (secondary N) is 1. The molecule has 3 aliphatic rings. The molecule has 160 valence electrons. The Bertz CT molecular complexity index is 1040. The van der Waals surface area contributed by atoms with Crippen LogP contribution in [0.25, 0.3) is 0 Å². The van der Waals surface area contributed by atoms with Crippen LogP contribution in [0.5, 0.6) is 11.5 Å². The number of rotatable bonds is 4. The normalized spacial score (nSPS) is 19.7. The Labute approximate surface area is 179 Å². The SMILES string of the molecule is O=C1O[C@H](CC(=O)N2CCC(C(=O)Nc3ccc4c(c3)OCO4)CC2)c2ccccc21. The Morgan fingerprint density at radius 2 is 1.81 bits per heavy atom. The first kappa shape index (κ1) is 19.4. The molecule has 0 spiro atoms. The van der Waals surface area contributed by atoms with E-state index >= 15 is 0 Å². The zero-order valence-electron chi connectivity index (χ0n) is 16.8. The highest BCUT2D eigenvalue weighted by atomic mass is 16.7. The molecule has 31 heavy (non-hydrogen) atoms. The van der Waals surface area contributed by atoms with E-state index in [1.165, 1.54) is 0 Å². The average Bonchev–Trinajstić information content (AvgIpc) is 3.38. The summed E-state index contributed by atoms with van der Waals surface area (Å²) in [6.07, 6.45) is 0.756. The molecule has 0 unspecified atom stereocenters. The van der Waals surface area contributed by atoms with Gasteiger partial charge < -0.3 is 24.4 Å². The minimum absolute atomic E-state index is 0.0652. The van der Waals surface area contributed by atoms with Gasteiger partial charge in [0.15, 0.2) is 11.5 Å². The molecule has 8 heteroatoms. The number of hydrogen-bond acceptors (Lipinski definition) is 6. The van der Waals surface area contributed by atoms with E-state index < -0.39 is 6.10 Å². The molecule has 8 nitrogen and oxygen atoms in total. The first-order valence-corrected chi connectivity index (χ1v) is 10.4. The Hall–Kier alpha value is -3.55. The van der Waals surface area contributed by atoms with Crippen LogP contribution in [0, 0.1) is 5.92 Å². The second-order valence-electron chi connectivity index (χ2n) is 7.90. The standard InChI is InChI=1S/C23H22N2O6/c26-21(12-19-16-3-1-2-4-17(16)23(28)31-19)25-9-7-14(8-10-25)22(27)24-15-5-6-18-20(11-15)30-13-29-18/h1-6,11,14,19H,7-10,12-13H2,(H,24,27)/t19-/m1/s1. The predicted molar refractivity (Wildman–Crippen MR) is 110 cm³/mol. The van der Waals surface area contributed by atoms with E-state index in [2.05, 4.69) is 5.32 Å². The highest BCUT2D eigenvalue weighted by molar-refractivity contribution is 5.95. The van der Waals surface area contributed by atoms with Crippen LogP contribution >= 0.6 is 0 Å². The van der Waals surface area contributed by atoms with Gasteiger partial charge in [0.05, 0.1) is 12.0 Å². The number of anilines is 1. The quantitative estimate of drug-likeness (QED) is 0.762. The van der Waals surface area contributed by atoms with Gasteiger partial charge in [-0.2, -0.15) is 0 Å². The number of benzene rings is 2. The topological polar surface area (TPSA) is 94.2 Å². The fourth-order valence-corrected chi connectivity index (χ4v) is 4.27. The summed E-state index contributed by atoms with van der Waals surface area (Å²) in [6.45, 7) is 1.19. The summed E-state index contributed by atoms with van der Waals surface area (Å²) in [6, 6.07) is 12.5. The van der Waals surface area contributed by atoms with Gasteiger partial charge >= 0.3 is 5.97 Å². The van der Waals surface area contributed by atoms with Crippen LogP contribution in [0.1, 0.15) is 41.3 Å². The maximum atomic E-state index is 12.8. The van der Waals surface area contributed by atoms with Crippen molar-refractivity contribution in [3.63, 3.8) is 0 Å². The van der Waals surface area contributed by atoms with Gasteiger partial charge in [-0.25, -0.2) is 4.79 Å². The van der Waals surface area contributed by atoms with Crippen molar-refractivity contribution in [2.75, 3.05) is 25.2 Å². The molecule has 0 aromatic heterocycles. The van der Waals surface area contributed by atoms with Gasteiger partial charge in [0.2, 0.25) is 18.6 Å². The number of fused-ring (bicyclic) bond motifs is 2. The fraction of sp³-hybridized carbons (Fsp3) is 0.348. The summed E-state index contributed by atoms with van der Waals surface area (Å²) < 4.78 is 16.0. The molecule has 0 radical (unpaired) electrons. The molecule has 0 saturated carbocycles. The number of carbonyl (C=O) groups is 3. The molecule has 2 amide bonds. The van der Waals surface area contributed by atoms with Crippen LogP contribution in [0.15, 0.2) is 42.5 Å². The van der Waals surface area contributed by atoms with Gasteiger partial charge in [-0.05, 0) is 31.0 Å². The van der Waals surface area contributed by atoms with Crippen LogP contribution in [-0.4, -0.2) is 42.6 Å². The summed E-state index contributed by atoms with van der Waals surface area (Å²) in [5, 5.41) is 2.92. The monoisotopic (exact) mass is 422 g/mol. The Kier molecular flexibility index (Phi) is 4.97. The largest absolute Gasteiger partial charge is 0.454 e. The number of carbonyl (C=O) groups excluding carboxylic acids is 3. The summed E-state index contributed by atoms with van der Waals surface area (Å²) in [5.41, 5.74) is 1.95. The molecule has 2 aromatic carbocycles. The van der Waals surface area contributed by atoms with Crippen molar-refractivity contribution in [1.82, 2.24) is 4.90 Å². The summed E-state index contributed by atoms with van der Waals surface area (Å²) in [7, 11) is 0. The van der Waals surface area contributed by atoms with Crippen LogP contribution in [0.2, 0.25) is 0 Å². The van der Waals surface area contributed by atoms with Crippen molar-refractivity contribution in [3.05, 3.63) is 53.6 Å². The lowest BCUT2D eigenvalue weighted by atomic mass is 9.95. The van der Waals surface area contributed by atoms with Crippen molar-refractivity contribution in [2.45, 2.75) is 25.4 Å². The second-order valence-corrected chi connectivity index (χ2v) is 7.90. The van der Waals surface area contributed by atoms with Gasteiger partial charge in [0, 0.05) is 36.3 Å². The number of cyclic esters (lactones) is 1. The van der Waals surface area contributed by atoms with Gasteiger partial charge in [-0.3, -0.25) is 9.59 Å². The van der Waals surface area contributed by atoms with Crippen LogP contribution < -0.4 is 14.8 Å². The van der Waals surface area contributed by atoms with E-state index in [9.17, 15) is 14.4 Å². The molecule has 1 fully saturated rings. The number of esters is 1. The van der Waals surface area contributed by atoms with E-state index in [1.54, 1.807) is 35.2 Å².